The monoisotopic (exact) mass is 519 g/mol. The van der Waals surface area contributed by atoms with Crippen LogP contribution in [-0.2, 0) is 4.79 Å². The quantitative estimate of drug-likeness (QED) is 0.226. The van der Waals surface area contributed by atoms with Crippen LogP contribution in [0, 0.1) is 10.1 Å². The van der Waals surface area contributed by atoms with Gasteiger partial charge in [-0.1, -0.05) is 46.9 Å². The Bertz CT molecular complexity index is 1290. The number of halogens is 3. The summed E-state index contributed by atoms with van der Waals surface area (Å²) in [6.45, 7) is 0. The third-order valence-electron chi connectivity index (χ3n) is 4.43. The van der Waals surface area contributed by atoms with Crippen LogP contribution in [0.25, 0.3) is 6.08 Å². The van der Waals surface area contributed by atoms with Crippen LogP contribution in [-0.4, -0.2) is 23.8 Å². The molecule has 0 spiro atoms. The van der Waals surface area contributed by atoms with E-state index in [1.165, 1.54) is 61.7 Å². The fourth-order valence-electron chi connectivity index (χ4n) is 2.87. The van der Waals surface area contributed by atoms with Crippen LogP contribution in [0.2, 0.25) is 15.1 Å². The van der Waals surface area contributed by atoms with Crippen molar-refractivity contribution in [3.8, 4) is 5.75 Å². The molecule has 3 aromatic rings. The van der Waals surface area contributed by atoms with Crippen LogP contribution in [0.3, 0.4) is 0 Å². The molecular weight excluding hydrogens is 505 g/mol. The molecule has 0 aromatic heterocycles. The Morgan fingerprint density at radius 1 is 1.00 bits per heavy atom. The van der Waals surface area contributed by atoms with Gasteiger partial charge in [0.2, 0.25) is 0 Å². The van der Waals surface area contributed by atoms with Gasteiger partial charge in [-0.2, -0.15) is 0 Å². The highest BCUT2D eigenvalue weighted by atomic mass is 35.5. The molecule has 2 N–H and O–H groups in total. The predicted molar refractivity (Wildman–Crippen MR) is 132 cm³/mol. The highest BCUT2D eigenvalue weighted by molar-refractivity contribution is 6.35. The van der Waals surface area contributed by atoms with Crippen LogP contribution in [0.4, 0.5) is 11.4 Å². The smallest absolute Gasteiger partial charge is 0.272 e. The molecule has 3 rings (SSSR count). The normalized spacial score (nSPS) is 11.0. The van der Waals surface area contributed by atoms with Gasteiger partial charge in [-0.15, -0.1) is 0 Å². The number of anilines is 1. The average Bonchev–Trinajstić information content (AvgIpc) is 2.77. The maximum atomic E-state index is 13.0. The fourth-order valence-corrected chi connectivity index (χ4v) is 3.66. The largest absolute Gasteiger partial charge is 0.497 e. The van der Waals surface area contributed by atoms with Gasteiger partial charge in [0.05, 0.1) is 22.6 Å². The summed E-state index contributed by atoms with van der Waals surface area (Å²) < 4.78 is 5.08. The molecule has 2 amide bonds. The molecule has 11 heteroatoms. The molecule has 0 fully saturated rings. The van der Waals surface area contributed by atoms with Gasteiger partial charge < -0.3 is 15.4 Å². The van der Waals surface area contributed by atoms with Gasteiger partial charge in [0.1, 0.15) is 11.4 Å². The minimum absolute atomic E-state index is 0.0889. The zero-order valence-corrected chi connectivity index (χ0v) is 19.7. The molecule has 8 nitrogen and oxygen atoms in total. The van der Waals surface area contributed by atoms with E-state index in [2.05, 4.69) is 10.6 Å². The van der Waals surface area contributed by atoms with Crippen LogP contribution < -0.4 is 15.4 Å². The minimum atomic E-state index is -0.720. The van der Waals surface area contributed by atoms with E-state index < -0.39 is 16.7 Å². The first-order valence-corrected chi connectivity index (χ1v) is 10.7. The van der Waals surface area contributed by atoms with Crippen molar-refractivity contribution < 1.29 is 19.2 Å². The van der Waals surface area contributed by atoms with Crippen molar-refractivity contribution in [3.63, 3.8) is 0 Å². The molecule has 0 radical (unpaired) electrons. The molecular formula is C23H16Cl3N3O5. The van der Waals surface area contributed by atoms with E-state index in [1.54, 1.807) is 12.1 Å². The Labute approximate surface area is 209 Å². The van der Waals surface area contributed by atoms with Crippen molar-refractivity contribution in [3.05, 3.63) is 103 Å². The fraction of sp³-hybridized carbons (Fsp3) is 0.0435. The lowest BCUT2D eigenvalue weighted by Crippen LogP contribution is -2.31. The van der Waals surface area contributed by atoms with E-state index in [0.717, 1.165) is 0 Å². The molecule has 0 bridgehead atoms. The zero-order valence-electron chi connectivity index (χ0n) is 17.5. The van der Waals surface area contributed by atoms with Crippen LogP contribution in [0.5, 0.6) is 5.75 Å². The summed E-state index contributed by atoms with van der Waals surface area (Å²) >= 11 is 18.2. The third kappa shape index (κ3) is 6.48. The second kappa shape index (κ2) is 11.0. The number of carbonyl (C=O) groups excluding carboxylic acids is 2. The lowest BCUT2D eigenvalue weighted by atomic mass is 10.1. The first-order chi connectivity index (χ1) is 16.2. The number of benzene rings is 3. The molecule has 0 aliphatic rings. The zero-order chi connectivity index (χ0) is 24.8. The van der Waals surface area contributed by atoms with E-state index in [0.29, 0.717) is 21.4 Å². The van der Waals surface area contributed by atoms with Gasteiger partial charge in [-0.05, 0) is 48.0 Å². The summed E-state index contributed by atoms with van der Waals surface area (Å²) in [5.74, 6) is -0.948. The summed E-state index contributed by atoms with van der Waals surface area (Å²) in [6.07, 6.45) is 1.30. The Kier molecular flexibility index (Phi) is 8.12. The van der Waals surface area contributed by atoms with Crippen molar-refractivity contribution in [2.45, 2.75) is 0 Å². The lowest BCUT2D eigenvalue weighted by Gasteiger charge is -2.13. The Hall–Kier alpha value is -3.59. The number of hydrogen-bond acceptors (Lipinski definition) is 5. The molecule has 0 atom stereocenters. The van der Waals surface area contributed by atoms with E-state index in [-0.39, 0.29) is 27.7 Å². The van der Waals surface area contributed by atoms with Crippen LogP contribution >= 0.6 is 34.8 Å². The summed E-state index contributed by atoms with van der Waals surface area (Å²) in [5, 5.41) is 16.9. The number of nitrogens with zero attached hydrogens (tertiary/aromatic N) is 1. The summed E-state index contributed by atoms with van der Waals surface area (Å²) in [6, 6.07) is 14.4. The number of nitro groups is 1. The number of nitrogens with one attached hydrogen (secondary N) is 2. The molecule has 0 saturated heterocycles. The third-order valence-corrected chi connectivity index (χ3v) is 5.18. The Morgan fingerprint density at radius 2 is 1.71 bits per heavy atom. The van der Waals surface area contributed by atoms with Gasteiger partial charge in [-0.25, -0.2) is 0 Å². The van der Waals surface area contributed by atoms with Gasteiger partial charge in [0.25, 0.3) is 17.5 Å². The second-order valence-corrected chi connectivity index (χ2v) is 8.10. The first kappa shape index (κ1) is 25.0. The van der Waals surface area contributed by atoms with Gasteiger partial charge in [-0.3, -0.25) is 19.7 Å². The maximum Gasteiger partial charge on any atom is 0.272 e. The van der Waals surface area contributed by atoms with Crippen LogP contribution in [0.1, 0.15) is 15.9 Å². The topological polar surface area (TPSA) is 111 Å². The number of carbonyl (C=O) groups is 2. The molecule has 0 unspecified atom stereocenters. The number of rotatable bonds is 7. The molecule has 3 aromatic carbocycles. The molecule has 0 heterocycles. The number of hydrogen-bond donors (Lipinski definition) is 2. The summed E-state index contributed by atoms with van der Waals surface area (Å²) in [7, 11) is 1.46. The highest BCUT2D eigenvalue weighted by Gasteiger charge is 2.18. The molecule has 0 saturated carbocycles. The predicted octanol–water partition coefficient (Wildman–Crippen LogP) is 5.97. The second-order valence-electron chi connectivity index (χ2n) is 6.82. The highest BCUT2D eigenvalue weighted by Crippen LogP contribution is 2.25. The maximum absolute atomic E-state index is 13.0. The van der Waals surface area contributed by atoms with Crippen molar-refractivity contribution in [2.24, 2.45) is 0 Å². The first-order valence-electron chi connectivity index (χ1n) is 9.55. The number of amides is 2. The summed E-state index contributed by atoms with van der Waals surface area (Å²) in [4.78, 5) is 36.5. The van der Waals surface area contributed by atoms with Gasteiger partial charge >= 0.3 is 0 Å². The Balaban J connectivity index is 1.97. The lowest BCUT2D eigenvalue weighted by molar-refractivity contribution is -0.384. The van der Waals surface area contributed by atoms with Crippen molar-refractivity contribution in [2.75, 3.05) is 12.4 Å². The van der Waals surface area contributed by atoms with E-state index in [1.807, 2.05) is 0 Å². The van der Waals surface area contributed by atoms with Gasteiger partial charge in [0.15, 0.2) is 0 Å². The van der Waals surface area contributed by atoms with Gasteiger partial charge in [0, 0.05) is 27.9 Å². The minimum Gasteiger partial charge on any atom is -0.497 e. The number of ether oxygens (including phenoxy) is 1. The van der Waals surface area contributed by atoms with Crippen LogP contribution in [0.15, 0.2) is 66.4 Å². The van der Waals surface area contributed by atoms with E-state index in [4.69, 9.17) is 39.5 Å². The van der Waals surface area contributed by atoms with Crippen molar-refractivity contribution >= 4 is 64.1 Å². The SMILES string of the molecule is COc1ccc(C(=O)N/C(=C/c2cccc([N+](=O)[O-])c2)C(=O)Nc2cc(Cl)cc(Cl)c2)c(Cl)c1. The molecule has 174 valence electrons. The van der Waals surface area contributed by atoms with E-state index in [9.17, 15) is 19.7 Å². The van der Waals surface area contributed by atoms with Crippen molar-refractivity contribution in [1.82, 2.24) is 5.32 Å². The number of methoxy groups -OCH3 is 1. The average molecular weight is 521 g/mol. The molecule has 0 aliphatic heterocycles. The standard InChI is InChI=1S/C23H16Cl3N3O5/c1-34-18-5-6-19(20(26)12-18)22(30)28-21(8-13-3-2-4-17(7-13)29(32)33)23(31)27-16-10-14(24)9-15(25)11-16/h2-12H,1H3,(H,27,31)(H,28,30)/b21-8+. The van der Waals surface area contributed by atoms with E-state index >= 15 is 0 Å². The summed E-state index contributed by atoms with van der Waals surface area (Å²) in [5.41, 5.74) is 0.299. The van der Waals surface area contributed by atoms with Crippen molar-refractivity contribution in [1.29, 1.82) is 0 Å². The number of non-ortho nitro benzene ring substituents is 1. The molecule has 0 aliphatic carbocycles. The molecule has 34 heavy (non-hydrogen) atoms. The number of nitro benzene ring substituents is 1. The Morgan fingerprint density at radius 3 is 2.32 bits per heavy atom.